The molecule has 3 heteroatoms. The molecule has 0 aliphatic heterocycles. The van der Waals surface area contributed by atoms with Crippen molar-refractivity contribution in [2.24, 2.45) is 0 Å². The zero-order valence-electron chi connectivity index (χ0n) is 63.7. The van der Waals surface area contributed by atoms with E-state index in [0.29, 0.717) is 17.5 Å². The van der Waals surface area contributed by atoms with Crippen LogP contribution >= 0.6 is 0 Å². The Labute approximate surface area is 594 Å². The highest BCUT2D eigenvalue weighted by Gasteiger charge is 2.17. The van der Waals surface area contributed by atoms with Crippen LogP contribution in [-0.2, 0) is 19.3 Å². The van der Waals surface area contributed by atoms with Crippen molar-refractivity contribution in [3.8, 4) is 78.7 Å². The summed E-state index contributed by atoms with van der Waals surface area (Å²) in [4.78, 5) is 15.2. The molecule has 3 nitrogen and oxygen atoms in total. The van der Waals surface area contributed by atoms with Gasteiger partial charge in [0.25, 0.3) is 0 Å². The fourth-order valence-electron chi connectivity index (χ4n) is 15.3. The van der Waals surface area contributed by atoms with Gasteiger partial charge in [0.2, 0.25) is 0 Å². The molecule has 98 heavy (non-hydrogen) atoms. The largest absolute Gasteiger partial charge is 0.208 e. The van der Waals surface area contributed by atoms with Crippen LogP contribution in [0.2, 0.25) is 0 Å². The minimum atomic E-state index is 0.683. The van der Waals surface area contributed by atoms with Gasteiger partial charge in [0.05, 0.1) is 0 Å². The fraction of sp³-hybridized carbons (Fsp3) is 0.400. The second-order valence-corrected chi connectivity index (χ2v) is 29.1. The lowest BCUT2D eigenvalue weighted by Crippen LogP contribution is -2.00. The van der Waals surface area contributed by atoms with E-state index in [4.69, 9.17) is 15.0 Å². The van der Waals surface area contributed by atoms with Crippen molar-refractivity contribution in [3.05, 3.63) is 252 Å². The summed E-state index contributed by atoms with van der Waals surface area (Å²) >= 11 is 0. The number of hydrogen-bond donors (Lipinski definition) is 0. The van der Waals surface area contributed by atoms with Crippen molar-refractivity contribution in [2.45, 2.75) is 253 Å². The minimum Gasteiger partial charge on any atom is -0.208 e. The van der Waals surface area contributed by atoms with Crippen LogP contribution < -0.4 is 0 Å². The Hall–Kier alpha value is -8.01. The van der Waals surface area contributed by atoms with Gasteiger partial charge in [-0.25, -0.2) is 15.0 Å². The zero-order valence-corrected chi connectivity index (χ0v) is 63.7. The first-order valence-electron chi connectivity index (χ1n) is 37.8. The molecule has 0 saturated carbocycles. The Bertz CT molecular complexity index is 3830. The average molecular weight is 1300 g/mol. The molecule has 0 saturated heterocycles. The maximum absolute atomic E-state index is 5.08. The van der Waals surface area contributed by atoms with Crippen LogP contribution in [-0.4, -0.2) is 15.0 Å². The molecule has 0 unspecified atom stereocenters. The first-order valence-corrected chi connectivity index (χ1v) is 37.8. The molecule has 1 aromatic heterocycles. The van der Waals surface area contributed by atoms with Gasteiger partial charge in [-0.05, 0) is 252 Å². The quantitative estimate of drug-likeness (QED) is 0.0459. The molecule has 10 rings (SSSR count). The zero-order chi connectivity index (χ0) is 70.3. The molecule has 0 fully saturated rings. The predicted octanol–water partition coefficient (Wildman–Crippen LogP) is 27.9. The maximum Gasteiger partial charge on any atom is 0.164 e. The fourth-order valence-corrected chi connectivity index (χ4v) is 15.3. The lowest BCUT2D eigenvalue weighted by atomic mass is 9.90. The monoisotopic (exact) mass is 1300 g/mol. The van der Waals surface area contributed by atoms with E-state index in [1.165, 1.54) is 256 Å². The van der Waals surface area contributed by atoms with Crippen LogP contribution in [0.5, 0.6) is 0 Å². The van der Waals surface area contributed by atoms with Crippen LogP contribution in [0.15, 0.2) is 158 Å². The predicted molar refractivity (Wildman–Crippen MR) is 428 cm³/mol. The van der Waals surface area contributed by atoms with Gasteiger partial charge in [-0.1, -0.05) is 297 Å². The lowest BCUT2D eigenvalue weighted by Gasteiger charge is -2.14. The van der Waals surface area contributed by atoms with Gasteiger partial charge in [0.15, 0.2) is 17.5 Å². The molecule has 0 spiro atoms. The molecule has 0 atom stereocenters. The molecule has 1 heterocycles. The SMILES string of the molecule is CCCCCCCCCCCCc1ccc(-c2nc(-c3ccc(-c4c(C)cc(C)cc4C)cc3)nc(-c3ccc(-c4c(C)cc(C)cc4C)cc3)n2)cc1.CCCCCCc1cc(C)c(CCCCCC)cc1C.Cc1cc(C)c(-c2ccc(-c3c(C)cc(C)cc3C)cc2)c(C)c1. The van der Waals surface area contributed by atoms with Crippen molar-refractivity contribution < 1.29 is 0 Å². The van der Waals surface area contributed by atoms with E-state index >= 15 is 0 Å². The number of hydrogen-bond acceptors (Lipinski definition) is 3. The highest BCUT2D eigenvalue weighted by molar-refractivity contribution is 5.79. The van der Waals surface area contributed by atoms with Crippen molar-refractivity contribution >= 4 is 0 Å². The maximum atomic E-state index is 5.08. The molecule has 9 aromatic carbocycles. The normalized spacial score (nSPS) is 11.2. The van der Waals surface area contributed by atoms with Crippen molar-refractivity contribution in [2.75, 3.05) is 0 Å². The summed E-state index contributed by atoms with van der Waals surface area (Å²) in [6, 6.07) is 58.4. The summed E-state index contributed by atoms with van der Waals surface area (Å²) in [5.41, 5.74) is 36.7. The van der Waals surface area contributed by atoms with Crippen molar-refractivity contribution in [1.82, 2.24) is 15.0 Å². The second kappa shape index (κ2) is 37.8. The third-order valence-electron chi connectivity index (χ3n) is 20.1. The Morgan fingerprint density at radius 2 is 0.408 bits per heavy atom. The van der Waals surface area contributed by atoms with Crippen LogP contribution in [0.3, 0.4) is 0 Å². The first-order chi connectivity index (χ1) is 47.2. The van der Waals surface area contributed by atoms with Gasteiger partial charge in [0, 0.05) is 16.7 Å². The molecule has 0 N–H and O–H groups in total. The molecule has 0 aliphatic carbocycles. The van der Waals surface area contributed by atoms with Gasteiger partial charge in [-0.15, -0.1) is 0 Å². The Morgan fingerprint density at radius 1 is 0.204 bits per heavy atom. The molecule has 10 aromatic rings. The topological polar surface area (TPSA) is 38.7 Å². The van der Waals surface area contributed by atoms with Crippen LogP contribution in [0.4, 0.5) is 0 Å². The number of aryl methyl sites for hydroxylation is 17. The van der Waals surface area contributed by atoms with Crippen molar-refractivity contribution in [3.63, 3.8) is 0 Å². The molecule has 0 amide bonds. The Balaban J connectivity index is 0.000000227. The number of unbranched alkanes of at least 4 members (excludes halogenated alkanes) is 15. The van der Waals surface area contributed by atoms with Crippen molar-refractivity contribution in [1.29, 1.82) is 0 Å². The molecular formula is C95H119N3. The number of nitrogens with zero attached hydrogens (tertiary/aromatic N) is 3. The van der Waals surface area contributed by atoms with Gasteiger partial charge in [-0.3, -0.25) is 0 Å². The van der Waals surface area contributed by atoms with Gasteiger partial charge in [0.1, 0.15) is 0 Å². The van der Waals surface area contributed by atoms with E-state index in [-0.39, 0.29) is 0 Å². The van der Waals surface area contributed by atoms with E-state index in [0.717, 1.165) is 23.1 Å². The third kappa shape index (κ3) is 21.5. The summed E-state index contributed by atoms with van der Waals surface area (Å²) < 4.78 is 0. The van der Waals surface area contributed by atoms with Crippen LogP contribution in [0.25, 0.3) is 78.7 Å². The van der Waals surface area contributed by atoms with Crippen LogP contribution in [0.1, 0.15) is 231 Å². The lowest BCUT2D eigenvalue weighted by molar-refractivity contribution is 0.556. The van der Waals surface area contributed by atoms with E-state index < -0.39 is 0 Å². The molecule has 0 aliphatic rings. The molecule has 514 valence electrons. The minimum absolute atomic E-state index is 0.683. The van der Waals surface area contributed by atoms with Crippen LogP contribution in [0, 0.1) is 96.9 Å². The summed E-state index contributed by atoms with van der Waals surface area (Å²) in [6.45, 7) is 37.7. The highest BCUT2D eigenvalue weighted by atomic mass is 15.0. The third-order valence-corrected chi connectivity index (χ3v) is 20.1. The summed E-state index contributed by atoms with van der Waals surface area (Å²) in [7, 11) is 0. The Morgan fingerprint density at radius 3 is 0.663 bits per heavy atom. The van der Waals surface area contributed by atoms with E-state index in [2.05, 4.69) is 275 Å². The summed E-state index contributed by atoms with van der Waals surface area (Å²) in [5.74, 6) is 2.06. The average Bonchev–Trinajstić information content (AvgIpc) is 0.822. The highest BCUT2D eigenvalue weighted by Crippen LogP contribution is 2.36. The summed E-state index contributed by atoms with van der Waals surface area (Å²) in [6.07, 6.45) is 28.1. The Kier molecular flexibility index (Phi) is 29.2. The molecule has 0 radical (unpaired) electrons. The second-order valence-electron chi connectivity index (χ2n) is 29.1. The molecule has 0 bridgehead atoms. The van der Waals surface area contributed by atoms with Gasteiger partial charge in [-0.2, -0.15) is 0 Å². The first kappa shape index (κ1) is 75.8. The number of rotatable bonds is 28. The van der Waals surface area contributed by atoms with E-state index in [1.807, 2.05) is 0 Å². The summed E-state index contributed by atoms with van der Waals surface area (Å²) in [5, 5.41) is 0. The van der Waals surface area contributed by atoms with E-state index in [9.17, 15) is 0 Å². The number of aromatic nitrogens is 3. The standard InChI is InChI=1S/C51H59N3.C24H26.C20H34/c1-8-9-10-11-12-13-14-15-16-17-18-41-19-21-44(22-20-41)49-52-50(45-27-23-42(24-28-45)47-37(4)31-35(2)32-38(47)5)54-51(53-49)46-29-25-43(26-30-46)48-39(6)33-36(3)34-40(48)7;1-15-11-17(3)23(18(4)12-15)21-7-9-22(10-8-21)24-19(5)13-16(2)14-20(24)6;1-5-7-9-11-13-19-15-18(4)20(16-17(19)3)14-12-10-8-6-2/h19-34H,8-18H2,1-7H3;7-14H,1-6H3;15-16H,5-14H2,1-4H3. The smallest absolute Gasteiger partial charge is 0.164 e. The molecular weight excluding hydrogens is 1180 g/mol. The van der Waals surface area contributed by atoms with Gasteiger partial charge < -0.3 is 0 Å². The van der Waals surface area contributed by atoms with Gasteiger partial charge >= 0.3 is 0 Å². The number of benzene rings is 9. The van der Waals surface area contributed by atoms with E-state index in [1.54, 1.807) is 11.1 Å².